The molecule has 0 fully saturated rings. The third-order valence-corrected chi connectivity index (χ3v) is 2.24. The van der Waals surface area contributed by atoms with Crippen LogP contribution < -0.4 is 10.5 Å². The Morgan fingerprint density at radius 2 is 2.06 bits per heavy atom. The third kappa shape index (κ3) is 1.99. The summed E-state index contributed by atoms with van der Waals surface area (Å²) in [5.74, 6) is -1.03. The standard InChI is InChI=1S/C10H7F2N3O3/c11-10(12)18-8-5-3-1-2-4-6(5)14-9(13)7(8)15(16)17/h1-4,10H,(H2,13,14). The summed E-state index contributed by atoms with van der Waals surface area (Å²) in [6, 6.07) is 6.02. The van der Waals surface area contributed by atoms with Gasteiger partial charge in [0.1, 0.15) is 0 Å². The second kappa shape index (κ2) is 4.40. The van der Waals surface area contributed by atoms with Gasteiger partial charge >= 0.3 is 12.3 Å². The fourth-order valence-corrected chi connectivity index (χ4v) is 1.57. The van der Waals surface area contributed by atoms with Crippen LogP contribution in [0.1, 0.15) is 0 Å². The van der Waals surface area contributed by atoms with E-state index in [4.69, 9.17) is 5.73 Å². The maximum atomic E-state index is 12.3. The number of pyridine rings is 1. The Labute approximate surface area is 99.1 Å². The van der Waals surface area contributed by atoms with Crippen LogP contribution in [0.3, 0.4) is 0 Å². The average Bonchev–Trinajstić information content (AvgIpc) is 2.27. The first-order chi connectivity index (χ1) is 8.50. The highest BCUT2D eigenvalue weighted by Gasteiger charge is 2.26. The first-order valence-corrected chi connectivity index (χ1v) is 4.78. The Kier molecular flexibility index (Phi) is 2.92. The Hall–Kier alpha value is -2.51. The average molecular weight is 255 g/mol. The van der Waals surface area contributed by atoms with Crippen molar-refractivity contribution in [3.8, 4) is 5.75 Å². The minimum absolute atomic E-state index is 0.110. The second-order valence-corrected chi connectivity index (χ2v) is 3.33. The molecule has 1 aromatic heterocycles. The van der Waals surface area contributed by atoms with E-state index in [1.807, 2.05) is 0 Å². The van der Waals surface area contributed by atoms with E-state index in [0.717, 1.165) is 0 Å². The summed E-state index contributed by atoms with van der Waals surface area (Å²) < 4.78 is 28.8. The van der Waals surface area contributed by atoms with Gasteiger partial charge in [-0.15, -0.1) is 0 Å². The van der Waals surface area contributed by atoms with Gasteiger partial charge in [-0.2, -0.15) is 8.78 Å². The van der Waals surface area contributed by atoms with Crippen LogP contribution in [-0.4, -0.2) is 16.5 Å². The molecule has 0 saturated carbocycles. The number of hydrogen-bond donors (Lipinski definition) is 1. The molecule has 2 rings (SSSR count). The molecule has 0 bridgehead atoms. The normalized spacial score (nSPS) is 10.8. The van der Waals surface area contributed by atoms with E-state index in [0.29, 0.717) is 0 Å². The van der Waals surface area contributed by atoms with Crippen molar-refractivity contribution in [2.75, 3.05) is 5.73 Å². The number of aromatic nitrogens is 1. The fraction of sp³-hybridized carbons (Fsp3) is 0.100. The molecule has 0 aliphatic rings. The molecule has 0 aliphatic carbocycles. The third-order valence-electron chi connectivity index (χ3n) is 2.24. The number of hydrogen-bond acceptors (Lipinski definition) is 5. The molecular weight excluding hydrogens is 248 g/mol. The zero-order valence-corrected chi connectivity index (χ0v) is 8.84. The summed E-state index contributed by atoms with van der Waals surface area (Å²) in [5, 5.41) is 10.9. The first-order valence-electron chi connectivity index (χ1n) is 4.78. The van der Waals surface area contributed by atoms with Crippen molar-refractivity contribution in [3.05, 3.63) is 34.4 Å². The highest BCUT2D eigenvalue weighted by molar-refractivity contribution is 5.92. The van der Waals surface area contributed by atoms with Crippen molar-refractivity contribution < 1.29 is 18.4 Å². The van der Waals surface area contributed by atoms with Gasteiger partial charge < -0.3 is 10.5 Å². The Bertz CT molecular complexity index is 619. The lowest BCUT2D eigenvalue weighted by Gasteiger charge is -2.09. The van der Waals surface area contributed by atoms with Crippen molar-refractivity contribution in [2.24, 2.45) is 0 Å². The lowest BCUT2D eigenvalue weighted by atomic mass is 10.2. The predicted octanol–water partition coefficient (Wildman–Crippen LogP) is 2.33. The molecule has 0 aliphatic heterocycles. The number of alkyl halides is 2. The van der Waals surface area contributed by atoms with Crippen molar-refractivity contribution in [3.63, 3.8) is 0 Å². The molecule has 0 atom stereocenters. The second-order valence-electron chi connectivity index (χ2n) is 3.33. The van der Waals surface area contributed by atoms with E-state index in [2.05, 4.69) is 9.72 Å². The first kappa shape index (κ1) is 12.0. The molecule has 0 amide bonds. The zero-order chi connectivity index (χ0) is 13.3. The van der Waals surface area contributed by atoms with Crippen LogP contribution >= 0.6 is 0 Å². The lowest BCUT2D eigenvalue weighted by Crippen LogP contribution is -2.08. The Balaban J connectivity index is 2.80. The van der Waals surface area contributed by atoms with Crippen LogP contribution in [0, 0.1) is 10.1 Å². The van der Waals surface area contributed by atoms with E-state index >= 15 is 0 Å². The van der Waals surface area contributed by atoms with Gasteiger partial charge in [0.05, 0.1) is 10.4 Å². The van der Waals surface area contributed by atoms with E-state index < -0.39 is 28.8 Å². The molecule has 1 aromatic carbocycles. The lowest BCUT2D eigenvalue weighted by molar-refractivity contribution is -0.385. The van der Waals surface area contributed by atoms with E-state index in [9.17, 15) is 18.9 Å². The van der Waals surface area contributed by atoms with Gasteiger partial charge in [0.25, 0.3) is 0 Å². The van der Waals surface area contributed by atoms with Crippen molar-refractivity contribution in [1.82, 2.24) is 4.98 Å². The Morgan fingerprint density at radius 1 is 1.39 bits per heavy atom. The fourth-order valence-electron chi connectivity index (χ4n) is 1.57. The smallest absolute Gasteiger partial charge is 0.387 e. The number of ether oxygens (including phenoxy) is 1. The number of nitrogens with zero attached hydrogens (tertiary/aromatic N) is 2. The summed E-state index contributed by atoms with van der Waals surface area (Å²) in [6.07, 6.45) is 0. The molecule has 6 nitrogen and oxygen atoms in total. The van der Waals surface area contributed by atoms with E-state index in [-0.39, 0.29) is 10.9 Å². The number of halogens is 2. The number of nitrogens with two attached hydrogens (primary N) is 1. The minimum Gasteiger partial charge on any atom is -0.427 e. The molecule has 1 heterocycles. The molecule has 18 heavy (non-hydrogen) atoms. The highest BCUT2D eigenvalue weighted by Crippen LogP contribution is 2.39. The van der Waals surface area contributed by atoms with Gasteiger partial charge in [-0.3, -0.25) is 10.1 Å². The highest BCUT2D eigenvalue weighted by atomic mass is 19.3. The molecule has 94 valence electrons. The number of anilines is 1. The van der Waals surface area contributed by atoms with E-state index in [1.165, 1.54) is 18.2 Å². The van der Waals surface area contributed by atoms with Gasteiger partial charge in [0.15, 0.2) is 0 Å². The summed E-state index contributed by atoms with van der Waals surface area (Å²) in [4.78, 5) is 13.7. The van der Waals surface area contributed by atoms with Gasteiger partial charge in [-0.1, -0.05) is 12.1 Å². The molecule has 0 unspecified atom stereocenters. The van der Waals surface area contributed by atoms with Gasteiger partial charge in [0, 0.05) is 5.39 Å². The molecule has 2 aromatic rings. The SMILES string of the molecule is Nc1nc2ccccc2c(OC(F)F)c1[N+](=O)[O-]. The van der Waals surface area contributed by atoms with Crippen molar-refractivity contribution in [2.45, 2.75) is 6.61 Å². The Morgan fingerprint density at radius 3 is 2.67 bits per heavy atom. The van der Waals surface area contributed by atoms with Crippen LogP contribution in [0.4, 0.5) is 20.3 Å². The largest absolute Gasteiger partial charge is 0.427 e. The number of nitrogen functional groups attached to an aromatic ring is 1. The van der Waals surface area contributed by atoms with Crippen LogP contribution in [-0.2, 0) is 0 Å². The van der Waals surface area contributed by atoms with Gasteiger partial charge in [-0.05, 0) is 12.1 Å². The number of nitro groups is 1. The number of fused-ring (bicyclic) bond motifs is 1. The summed E-state index contributed by atoms with van der Waals surface area (Å²) in [6.45, 7) is -3.19. The van der Waals surface area contributed by atoms with E-state index in [1.54, 1.807) is 6.07 Å². The quantitative estimate of drug-likeness (QED) is 0.671. The van der Waals surface area contributed by atoms with Crippen molar-refractivity contribution >= 4 is 22.4 Å². The maximum Gasteiger partial charge on any atom is 0.387 e. The molecule has 8 heteroatoms. The minimum atomic E-state index is -3.19. The molecule has 2 N–H and O–H groups in total. The van der Waals surface area contributed by atoms with Crippen molar-refractivity contribution in [1.29, 1.82) is 0 Å². The number of para-hydroxylation sites is 1. The van der Waals surface area contributed by atoms with Gasteiger partial charge in [0.2, 0.25) is 11.6 Å². The van der Waals surface area contributed by atoms with Crippen LogP contribution in [0.25, 0.3) is 10.9 Å². The van der Waals surface area contributed by atoms with Crippen LogP contribution in [0.5, 0.6) is 5.75 Å². The topological polar surface area (TPSA) is 91.3 Å². The summed E-state index contributed by atoms with van der Waals surface area (Å²) in [5.41, 5.74) is 4.88. The molecule has 0 spiro atoms. The van der Waals surface area contributed by atoms with Crippen LogP contribution in [0.15, 0.2) is 24.3 Å². The predicted molar refractivity (Wildman–Crippen MR) is 59.4 cm³/mol. The number of rotatable bonds is 3. The maximum absolute atomic E-state index is 12.3. The summed E-state index contributed by atoms with van der Waals surface area (Å²) in [7, 11) is 0. The molecule has 0 saturated heterocycles. The zero-order valence-electron chi connectivity index (χ0n) is 8.84. The van der Waals surface area contributed by atoms with Crippen LogP contribution in [0.2, 0.25) is 0 Å². The number of benzene rings is 1. The molecule has 0 radical (unpaired) electrons. The molecular formula is C10H7F2N3O3. The monoisotopic (exact) mass is 255 g/mol. The summed E-state index contributed by atoms with van der Waals surface area (Å²) >= 11 is 0. The van der Waals surface area contributed by atoms with Gasteiger partial charge in [-0.25, -0.2) is 4.98 Å².